The molecular weight excluding hydrogens is 480 g/mol. The number of hydrogen-bond donors (Lipinski definition) is 2. The minimum atomic E-state index is -0.575. The van der Waals surface area contributed by atoms with E-state index in [4.69, 9.17) is 4.98 Å². The zero-order valence-electron chi connectivity index (χ0n) is 23.5. The number of rotatable bonds is 13. The van der Waals surface area contributed by atoms with E-state index in [1.54, 1.807) is 11.3 Å². The van der Waals surface area contributed by atoms with Crippen LogP contribution in [0.15, 0.2) is 35.7 Å². The standard InChI is InChI=1S/C30H44N4O2S/c1-8-23(9-2)34-27-13-12-22(17-25(27)32-28(34)18-24-11-10-14-37-24)29(35)33-26(16-20(5)6)30(36)31-21(7)15-19(3)4/h10-14,17,19-21,23,26H,8-9,15-16,18H2,1-7H3,(H,31,36)(H,33,35). The fourth-order valence-corrected chi connectivity index (χ4v) is 5.80. The summed E-state index contributed by atoms with van der Waals surface area (Å²) in [4.78, 5) is 32.6. The first-order chi connectivity index (χ1) is 17.6. The predicted octanol–water partition coefficient (Wildman–Crippen LogP) is 6.75. The molecule has 2 N–H and O–H groups in total. The Labute approximate surface area is 226 Å². The topological polar surface area (TPSA) is 76.0 Å². The van der Waals surface area contributed by atoms with Gasteiger partial charge in [-0.1, -0.05) is 47.6 Å². The molecule has 0 aliphatic carbocycles. The van der Waals surface area contributed by atoms with Gasteiger partial charge < -0.3 is 15.2 Å². The predicted molar refractivity (Wildman–Crippen MR) is 154 cm³/mol. The molecule has 0 spiro atoms. The average molecular weight is 525 g/mol. The van der Waals surface area contributed by atoms with Crippen LogP contribution in [0.5, 0.6) is 0 Å². The lowest BCUT2D eigenvalue weighted by atomic mass is 10.0. The van der Waals surface area contributed by atoms with Gasteiger partial charge >= 0.3 is 0 Å². The molecule has 0 bridgehead atoms. The maximum Gasteiger partial charge on any atom is 0.252 e. The van der Waals surface area contributed by atoms with Crippen molar-refractivity contribution >= 4 is 34.2 Å². The molecule has 0 saturated heterocycles. The molecule has 2 unspecified atom stereocenters. The number of benzene rings is 1. The number of fused-ring (bicyclic) bond motifs is 1. The third-order valence-electron chi connectivity index (χ3n) is 6.79. The third-order valence-corrected chi connectivity index (χ3v) is 7.66. The first-order valence-electron chi connectivity index (χ1n) is 13.8. The van der Waals surface area contributed by atoms with Crippen LogP contribution in [-0.4, -0.2) is 33.4 Å². The highest BCUT2D eigenvalue weighted by Gasteiger charge is 2.25. The summed E-state index contributed by atoms with van der Waals surface area (Å²) in [5.74, 6) is 1.43. The molecule has 37 heavy (non-hydrogen) atoms. The summed E-state index contributed by atoms with van der Waals surface area (Å²) >= 11 is 1.74. The van der Waals surface area contributed by atoms with E-state index in [9.17, 15) is 9.59 Å². The van der Waals surface area contributed by atoms with Crippen molar-refractivity contribution < 1.29 is 9.59 Å². The van der Waals surface area contributed by atoms with Gasteiger partial charge in [-0.2, -0.15) is 0 Å². The molecule has 7 heteroatoms. The van der Waals surface area contributed by atoms with Crippen molar-refractivity contribution in [3.63, 3.8) is 0 Å². The van der Waals surface area contributed by atoms with Crippen LogP contribution in [0, 0.1) is 11.8 Å². The first kappa shape index (κ1) is 28.9. The fourth-order valence-electron chi connectivity index (χ4n) is 5.10. The Morgan fingerprint density at radius 1 is 0.973 bits per heavy atom. The average Bonchev–Trinajstić information content (AvgIpc) is 3.46. The molecule has 202 valence electrons. The lowest BCUT2D eigenvalue weighted by Crippen LogP contribution is -2.49. The highest BCUT2D eigenvalue weighted by atomic mass is 32.1. The van der Waals surface area contributed by atoms with Crippen molar-refractivity contribution in [1.29, 1.82) is 0 Å². The van der Waals surface area contributed by atoms with Crippen molar-refractivity contribution in [3.05, 3.63) is 52.0 Å². The Hall–Kier alpha value is -2.67. The van der Waals surface area contributed by atoms with Gasteiger partial charge in [0, 0.05) is 28.9 Å². The van der Waals surface area contributed by atoms with Gasteiger partial charge in [-0.3, -0.25) is 9.59 Å². The van der Waals surface area contributed by atoms with Gasteiger partial charge in [-0.15, -0.1) is 11.3 Å². The lowest BCUT2D eigenvalue weighted by Gasteiger charge is -2.23. The molecule has 0 aliphatic heterocycles. The SMILES string of the molecule is CCC(CC)n1c(Cc2cccs2)nc2cc(C(=O)NC(CC(C)C)C(=O)NC(C)CC(C)C)ccc21. The molecule has 2 atom stereocenters. The summed E-state index contributed by atoms with van der Waals surface area (Å²) < 4.78 is 2.35. The van der Waals surface area contributed by atoms with Crippen molar-refractivity contribution in [2.45, 2.75) is 98.7 Å². The maximum atomic E-state index is 13.3. The van der Waals surface area contributed by atoms with Crippen LogP contribution in [-0.2, 0) is 11.2 Å². The highest BCUT2D eigenvalue weighted by molar-refractivity contribution is 7.09. The van der Waals surface area contributed by atoms with Gasteiger partial charge in [0.05, 0.1) is 11.0 Å². The van der Waals surface area contributed by atoms with Gasteiger partial charge in [0.2, 0.25) is 5.91 Å². The molecule has 1 aromatic carbocycles. The fraction of sp³-hybridized carbons (Fsp3) is 0.567. The smallest absolute Gasteiger partial charge is 0.252 e. The Morgan fingerprint density at radius 2 is 1.68 bits per heavy atom. The van der Waals surface area contributed by atoms with E-state index >= 15 is 0 Å². The van der Waals surface area contributed by atoms with Crippen LogP contribution < -0.4 is 10.6 Å². The van der Waals surface area contributed by atoms with E-state index in [0.29, 0.717) is 23.9 Å². The normalized spacial score (nSPS) is 13.5. The molecule has 3 rings (SSSR count). The van der Waals surface area contributed by atoms with Crippen LogP contribution >= 0.6 is 11.3 Å². The van der Waals surface area contributed by atoms with E-state index < -0.39 is 6.04 Å². The van der Waals surface area contributed by atoms with Gasteiger partial charge in [0.25, 0.3) is 5.91 Å². The van der Waals surface area contributed by atoms with E-state index in [1.165, 1.54) is 4.88 Å². The highest BCUT2D eigenvalue weighted by Crippen LogP contribution is 2.28. The van der Waals surface area contributed by atoms with Gasteiger partial charge in [0.15, 0.2) is 0 Å². The summed E-state index contributed by atoms with van der Waals surface area (Å²) in [6.45, 7) is 14.8. The number of nitrogens with zero attached hydrogens (tertiary/aromatic N) is 2. The summed E-state index contributed by atoms with van der Waals surface area (Å²) in [5, 5.41) is 8.19. The summed E-state index contributed by atoms with van der Waals surface area (Å²) in [7, 11) is 0. The number of thiophene rings is 1. The molecule has 3 aromatic rings. The number of amides is 2. The zero-order valence-corrected chi connectivity index (χ0v) is 24.3. The molecule has 2 amide bonds. The third kappa shape index (κ3) is 7.67. The number of hydrogen-bond acceptors (Lipinski definition) is 4. The quantitative estimate of drug-likeness (QED) is 0.260. The molecule has 6 nitrogen and oxygen atoms in total. The van der Waals surface area contributed by atoms with Crippen molar-refractivity contribution in [3.8, 4) is 0 Å². The molecule has 0 saturated carbocycles. The number of aromatic nitrogens is 2. The maximum absolute atomic E-state index is 13.3. The largest absolute Gasteiger partial charge is 0.352 e. The van der Waals surface area contributed by atoms with Crippen LogP contribution in [0.1, 0.15) is 101 Å². The first-order valence-corrected chi connectivity index (χ1v) is 14.6. The number of carbonyl (C=O) groups excluding carboxylic acids is 2. The van der Waals surface area contributed by atoms with Crippen molar-refractivity contribution in [2.24, 2.45) is 11.8 Å². The number of carbonyl (C=O) groups is 2. The van der Waals surface area contributed by atoms with Crippen molar-refractivity contribution in [2.75, 3.05) is 0 Å². The number of nitrogens with one attached hydrogen (secondary N) is 2. The second-order valence-electron chi connectivity index (χ2n) is 11.0. The van der Waals surface area contributed by atoms with Crippen LogP contribution in [0.25, 0.3) is 11.0 Å². The Balaban J connectivity index is 1.87. The van der Waals surface area contributed by atoms with Crippen LogP contribution in [0.4, 0.5) is 0 Å². The van der Waals surface area contributed by atoms with E-state index in [0.717, 1.165) is 42.5 Å². The minimum absolute atomic E-state index is 0.0613. The zero-order chi connectivity index (χ0) is 27.1. The Morgan fingerprint density at radius 3 is 2.27 bits per heavy atom. The molecule has 0 radical (unpaired) electrons. The molecule has 0 aliphatic rings. The van der Waals surface area contributed by atoms with Crippen molar-refractivity contribution in [1.82, 2.24) is 20.2 Å². The van der Waals surface area contributed by atoms with Crippen LogP contribution in [0.2, 0.25) is 0 Å². The molecule has 2 aromatic heterocycles. The van der Waals surface area contributed by atoms with Gasteiger partial charge in [-0.25, -0.2) is 4.98 Å². The minimum Gasteiger partial charge on any atom is -0.352 e. The lowest BCUT2D eigenvalue weighted by molar-refractivity contribution is -0.124. The van der Waals surface area contributed by atoms with E-state index in [-0.39, 0.29) is 23.8 Å². The molecular formula is C30H44N4O2S. The van der Waals surface area contributed by atoms with Gasteiger partial charge in [-0.05, 0) is 74.1 Å². The van der Waals surface area contributed by atoms with Gasteiger partial charge in [0.1, 0.15) is 11.9 Å². The Kier molecular flexibility index (Phi) is 10.3. The summed E-state index contributed by atoms with van der Waals surface area (Å²) in [5.41, 5.74) is 2.40. The second kappa shape index (κ2) is 13.2. The Bertz CT molecular complexity index is 1160. The summed E-state index contributed by atoms with van der Waals surface area (Å²) in [6, 6.07) is 9.79. The number of imidazole rings is 1. The monoisotopic (exact) mass is 524 g/mol. The van der Waals surface area contributed by atoms with E-state index in [1.807, 2.05) is 25.1 Å². The van der Waals surface area contributed by atoms with E-state index in [2.05, 4.69) is 74.3 Å². The summed E-state index contributed by atoms with van der Waals surface area (Å²) in [6.07, 6.45) is 4.29. The molecule has 2 heterocycles. The second-order valence-corrected chi connectivity index (χ2v) is 12.1. The van der Waals surface area contributed by atoms with Crippen LogP contribution in [0.3, 0.4) is 0 Å². The molecule has 0 fully saturated rings.